The van der Waals surface area contributed by atoms with Gasteiger partial charge in [-0.15, -0.1) is 0 Å². The zero-order chi connectivity index (χ0) is 25.7. The van der Waals surface area contributed by atoms with E-state index in [1.807, 2.05) is 36.4 Å². The van der Waals surface area contributed by atoms with Crippen LogP contribution in [0, 0.1) is 3.57 Å². The lowest BCUT2D eigenvalue weighted by molar-refractivity contribution is -0.129. The molecule has 1 unspecified atom stereocenters. The third-order valence-electron chi connectivity index (χ3n) is 5.38. The maximum atomic E-state index is 13.3. The van der Waals surface area contributed by atoms with E-state index in [4.69, 9.17) is 26.1 Å². The van der Waals surface area contributed by atoms with Crippen molar-refractivity contribution < 1.29 is 19.1 Å². The Balaban J connectivity index is 1.61. The molecular formula is C26H23ClIN3O4S. The molecule has 3 aromatic carbocycles. The minimum absolute atomic E-state index is 0.0494. The molecular weight excluding hydrogens is 613 g/mol. The highest BCUT2D eigenvalue weighted by Gasteiger charge is 2.36. The van der Waals surface area contributed by atoms with Crippen molar-refractivity contribution in [2.24, 2.45) is 4.99 Å². The van der Waals surface area contributed by atoms with Crippen molar-refractivity contribution in [3.05, 3.63) is 80.9 Å². The number of carbonyl (C=O) groups is 2. The Hall–Kier alpha value is -2.76. The number of hydrogen-bond donors (Lipinski definition) is 1. The summed E-state index contributed by atoms with van der Waals surface area (Å²) in [5, 5.41) is 3.31. The molecule has 1 aliphatic heterocycles. The molecule has 0 aliphatic carbocycles. The van der Waals surface area contributed by atoms with Gasteiger partial charge in [0.05, 0.1) is 26.5 Å². The molecule has 3 aromatic rings. The lowest BCUT2D eigenvalue weighted by Crippen LogP contribution is -2.44. The van der Waals surface area contributed by atoms with E-state index in [-0.39, 0.29) is 24.8 Å². The molecule has 0 radical (unpaired) electrons. The van der Waals surface area contributed by atoms with Gasteiger partial charge < -0.3 is 14.8 Å². The van der Waals surface area contributed by atoms with Gasteiger partial charge in [0, 0.05) is 20.7 Å². The normalized spacial score (nSPS) is 16.7. The maximum absolute atomic E-state index is 13.3. The van der Waals surface area contributed by atoms with E-state index >= 15 is 0 Å². The van der Waals surface area contributed by atoms with Crippen molar-refractivity contribution in [2.75, 3.05) is 19.5 Å². The number of nitrogens with zero attached hydrogens (tertiary/aromatic N) is 2. The van der Waals surface area contributed by atoms with Crippen LogP contribution in [0.4, 0.5) is 11.4 Å². The number of thioether (sulfide) groups is 1. The Bertz CT molecular complexity index is 1290. The maximum Gasteiger partial charge on any atom is 0.238 e. The first-order chi connectivity index (χ1) is 17.4. The van der Waals surface area contributed by atoms with Gasteiger partial charge in [-0.2, -0.15) is 0 Å². The first kappa shape index (κ1) is 26.3. The van der Waals surface area contributed by atoms with Crippen molar-refractivity contribution in [3.63, 3.8) is 0 Å². The van der Waals surface area contributed by atoms with E-state index in [2.05, 4.69) is 27.9 Å². The molecule has 7 nitrogen and oxygen atoms in total. The number of halogens is 2. The molecule has 36 heavy (non-hydrogen) atoms. The van der Waals surface area contributed by atoms with Gasteiger partial charge in [0.2, 0.25) is 11.8 Å². The van der Waals surface area contributed by atoms with E-state index in [0.717, 1.165) is 9.13 Å². The smallest absolute Gasteiger partial charge is 0.238 e. The van der Waals surface area contributed by atoms with Crippen molar-refractivity contribution in [1.82, 2.24) is 4.90 Å². The Labute approximate surface area is 232 Å². The number of hydrogen-bond acceptors (Lipinski definition) is 6. The van der Waals surface area contributed by atoms with E-state index in [9.17, 15) is 9.59 Å². The summed E-state index contributed by atoms with van der Waals surface area (Å²) in [6.45, 7) is 0.268. The summed E-state index contributed by atoms with van der Waals surface area (Å²) >= 11 is 9.49. The average molecular weight is 636 g/mol. The summed E-state index contributed by atoms with van der Waals surface area (Å²) in [7, 11) is 3.13. The molecule has 1 N–H and O–H groups in total. The number of amides is 2. The Kier molecular flexibility index (Phi) is 8.76. The number of ether oxygens (including phenoxy) is 2. The predicted octanol–water partition coefficient (Wildman–Crippen LogP) is 6.12. The van der Waals surface area contributed by atoms with Gasteiger partial charge in [-0.1, -0.05) is 29.4 Å². The molecule has 1 heterocycles. The highest BCUT2D eigenvalue weighted by atomic mass is 127. The quantitative estimate of drug-likeness (QED) is 0.317. The number of carbonyl (C=O) groups excluding carboxylic acids is 2. The summed E-state index contributed by atoms with van der Waals surface area (Å²) < 4.78 is 11.8. The molecule has 2 amide bonds. The second-order valence-corrected chi connectivity index (χ2v) is 10.7. The van der Waals surface area contributed by atoms with Gasteiger partial charge in [0.1, 0.15) is 5.25 Å². The van der Waals surface area contributed by atoms with Gasteiger partial charge in [-0.05, 0) is 88.8 Å². The molecule has 0 spiro atoms. The van der Waals surface area contributed by atoms with E-state index in [1.54, 1.807) is 49.5 Å². The third kappa shape index (κ3) is 6.51. The lowest BCUT2D eigenvalue weighted by atomic mass is 10.1. The molecule has 0 bridgehead atoms. The fourth-order valence-corrected chi connectivity index (χ4v) is 5.12. The van der Waals surface area contributed by atoms with Crippen LogP contribution in [-0.2, 0) is 16.1 Å². The number of benzene rings is 3. The molecule has 4 rings (SSSR count). The molecule has 1 saturated heterocycles. The number of anilines is 1. The van der Waals surface area contributed by atoms with Crippen molar-refractivity contribution >= 4 is 74.3 Å². The van der Waals surface area contributed by atoms with Gasteiger partial charge in [-0.25, -0.2) is 4.99 Å². The average Bonchev–Trinajstić information content (AvgIpc) is 2.88. The van der Waals surface area contributed by atoms with E-state index in [1.165, 1.54) is 11.8 Å². The second kappa shape index (κ2) is 12.0. The zero-order valence-electron chi connectivity index (χ0n) is 19.5. The molecule has 1 fully saturated rings. The van der Waals surface area contributed by atoms with Crippen LogP contribution in [0.2, 0.25) is 5.02 Å². The lowest BCUT2D eigenvalue weighted by Gasteiger charge is -2.32. The Morgan fingerprint density at radius 1 is 1.08 bits per heavy atom. The molecule has 0 aromatic heterocycles. The van der Waals surface area contributed by atoms with Gasteiger partial charge in [-0.3, -0.25) is 14.5 Å². The standard InChI is InChI=1S/C26H23ClIN3O4S/c1-34-21-12-3-16(13-22(21)35-2)15-31-24(32)14-23(25(33)29-19-10-6-18(28)7-11-19)36-26(31)30-20-8-4-17(27)5-9-20/h3-13,23H,14-15H2,1-2H3,(H,29,33). The summed E-state index contributed by atoms with van der Waals surface area (Å²) in [5.74, 6) is 0.726. The van der Waals surface area contributed by atoms with Crippen LogP contribution in [0.3, 0.4) is 0 Å². The van der Waals surface area contributed by atoms with Crippen LogP contribution in [0.15, 0.2) is 71.7 Å². The highest BCUT2D eigenvalue weighted by Crippen LogP contribution is 2.33. The summed E-state index contributed by atoms with van der Waals surface area (Å²) in [6.07, 6.45) is 0.0494. The second-order valence-electron chi connectivity index (χ2n) is 7.85. The molecule has 10 heteroatoms. The zero-order valence-corrected chi connectivity index (χ0v) is 23.3. The molecule has 1 aliphatic rings. The van der Waals surface area contributed by atoms with Crippen LogP contribution < -0.4 is 14.8 Å². The number of rotatable bonds is 7. The van der Waals surface area contributed by atoms with Crippen LogP contribution in [0.25, 0.3) is 0 Å². The summed E-state index contributed by atoms with van der Waals surface area (Å²) in [4.78, 5) is 32.7. The minimum Gasteiger partial charge on any atom is -0.493 e. The SMILES string of the molecule is COc1ccc(CN2C(=O)CC(C(=O)Nc3ccc(I)cc3)SC2=Nc2ccc(Cl)cc2)cc1OC. The largest absolute Gasteiger partial charge is 0.493 e. The molecule has 186 valence electrons. The van der Waals surface area contributed by atoms with Gasteiger partial charge >= 0.3 is 0 Å². The van der Waals surface area contributed by atoms with Crippen LogP contribution in [0.1, 0.15) is 12.0 Å². The third-order valence-corrected chi connectivity index (χ3v) is 7.54. The van der Waals surface area contributed by atoms with Gasteiger partial charge in [0.15, 0.2) is 16.7 Å². The molecule has 1 atom stereocenters. The Morgan fingerprint density at radius 3 is 2.44 bits per heavy atom. The topological polar surface area (TPSA) is 80.2 Å². The van der Waals surface area contributed by atoms with Crippen LogP contribution >= 0.6 is 46.0 Å². The monoisotopic (exact) mass is 635 g/mol. The van der Waals surface area contributed by atoms with Crippen LogP contribution in [-0.4, -0.2) is 41.4 Å². The minimum atomic E-state index is -0.621. The van der Waals surface area contributed by atoms with Gasteiger partial charge in [0.25, 0.3) is 0 Å². The van der Waals surface area contributed by atoms with E-state index < -0.39 is 5.25 Å². The van der Waals surface area contributed by atoms with Crippen LogP contribution in [0.5, 0.6) is 11.5 Å². The number of methoxy groups -OCH3 is 2. The highest BCUT2D eigenvalue weighted by molar-refractivity contribution is 14.1. The van der Waals surface area contributed by atoms with E-state index in [0.29, 0.717) is 33.1 Å². The first-order valence-electron chi connectivity index (χ1n) is 10.9. The summed E-state index contributed by atoms with van der Waals surface area (Å²) in [5.41, 5.74) is 2.15. The number of nitrogens with one attached hydrogen (secondary N) is 1. The fourth-order valence-electron chi connectivity index (χ4n) is 3.54. The number of aliphatic imine (C=N–C) groups is 1. The Morgan fingerprint density at radius 2 is 1.78 bits per heavy atom. The van der Waals surface area contributed by atoms with Crippen molar-refractivity contribution in [3.8, 4) is 11.5 Å². The first-order valence-corrected chi connectivity index (χ1v) is 13.3. The molecule has 0 saturated carbocycles. The summed E-state index contributed by atoms with van der Waals surface area (Å²) in [6, 6.07) is 20.0. The van der Waals surface area contributed by atoms with Crippen molar-refractivity contribution in [2.45, 2.75) is 18.2 Å². The predicted molar refractivity (Wildman–Crippen MR) is 152 cm³/mol. The van der Waals surface area contributed by atoms with Crippen molar-refractivity contribution in [1.29, 1.82) is 0 Å². The number of amidine groups is 1. The fraction of sp³-hybridized carbons (Fsp3) is 0.192.